The van der Waals surface area contributed by atoms with Gasteiger partial charge in [-0.2, -0.15) is 13.2 Å². The Hall–Kier alpha value is -1.52. The Balaban J connectivity index is 3.14. The van der Waals surface area contributed by atoms with E-state index in [-0.39, 0.29) is 0 Å². The van der Waals surface area contributed by atoms with E-state index in [1.807, 2.05) is 0 Å². The summed E-state index contributed by atoms with van der Waals surface area (Å²) in [6.07, 6.45) is -6.79. The van der Waals surface area contributed by atoms with E-state index in [4.69, 9.17) is 4.74 Å². The van der Waals surface area contributed by atoms with Crippen LogP contribution >= 0.6 is 0 Å². The van der Waals surface area contributed by atoms with Gasteiger partial charge in [0, 0.05) is 5.41 Å². The summed E-state index contributed by atoms with van der Waals surface area (Å²) >= 11 is 0. The number of rotatable bonds is 4. The summed E-state index contributed by atoms with van der Waals surface area (Å²) in [6, 6.07) is 8.25. The molecule has 0 aliphatic heterocycles. The molecular formula is C15H19F3O2. The van der Waals surface area contributed by atoms with E-state index in [0.29, 0.717) is 5.56 Å². The quantitative estimate of drug-likeness (QED) is 0.780. The summed E-state index contributed by atoms with van der Waals surface area (Å²) in [7, 11) is 0. The van der Waals surface area contributed by atoms with Gasteiger partial charge in [-0.15, -0.1) is 0 Å². The Morgan fingerprint density at radius 1 is 1.10 bits per heavy atom. The van der Waals surface area contributed by atoms with Gasteiger partial charge in [0.1, 0.15) is 0 Å². The first-order valence-corrected chi connectivity index (χ1v) is 6.39. The second-order valence-corrected chi connectivity index (χ2v) is 5.60. The highest BCUT2D eigenvalue weighted by atomic mass is 19.4. The Kier molecular flexibility index (Phi) is 4.84. The first kappa shape index (κ1) is 16.5. The average molecular weight is 288 g/mol. The van der Waals surface area contributed by atoms with Crippen LogP contribution in [0, 0.1) is 5.92 Å². The fourth-order valence-electron chi connectivity index (χ4n) is 1.89. The van der Waals surface area contributed by atoms with Crippen molar-refractivity contribution in [3.63, 3.8) is 0 Å². The molecule has 0 saturated heterocycles. The monoisotopic (exact) mass is 288 g/mol. The standard InChI is InChI=1S/C15H19F3O2/c1-10(2)12(19)20-13(15(16,17)18)14(3,4)11-8-6-5-7-9-11/h5-10,13H,1-4H3. The third kappa shape index (κ3) is 3.74. The van der Waals surface area contributed by atoms with Crippen molar-refractivity contribution in [1.29, 1.82) is 0 Å². The highest BCUT2D eigenvalue weighted by molar-refractivity contribution is 5.72. The van der Waals surface area contributed by atoms with Gasteiger partial charge in [-0.1, -0.05) is 58.0 Å². The van der Waals surface area contributed by atoms with Crippen LogP contribution < -0.4 is 0 Å². The van der Waals surface area contributed by atoms with E-state index in [1.54, 1.807) is 30.3 Å². The molecule has 0 aliphatic rings. The van der Waals surface area contributed by atoms with Crippen LogP contribution in [0.5, 0.6) is 0 Å². The first-order chi connectivity index (χ1) is 9.06. The Morgan fingerprint density at radius 2 is 1.60 bits per heavy atom. The predicted molar refractivity (Wildman–Crippen MR) is 70.2 cm³/mol. The summed E-state index contributed by atoms with van der Waals surface area (Å²) in [5.74, 6) is -1.46. The SMILES string of the molecule is CC(C)C(=O)OC(C(F)(F)F)C(C)(C)c1ccccc1. The van der Waals surface area contributed by atoms with Crippen LogP contribution in [0.15, 0.2) is 30.3 Å². The van der Waals surface area contributed by atoms with Crippen molar-refractivity contribution in [1.82, 2.24) is 0 Å². The minimum absolute atomic E-state index is 0.471. The van der Waals surface area contributed by atoms with Gasteiger partial charge in [-0.3, -0.25) is 4.79 Å². The lowest BCUT2D eigenvalue weighted by Gasteiger charge is -2.35. The zero-order valence-corrected chi connectivity index (χ0v) is 12.0. The predicted octanol–water partition coefficient (Wildman–Crippen LogP) is 4.09. The lowest BCUT2D eigenvalue weighted by atomic mass is 9.79. The molecule has 0 bridgehead atoms. The summed E-state index contributed by atoms with van der Waals surface area (Å²) in [6.45, 7) is 5.86. The van der Waals surface area contributed by atoms with Crippen LogP contribution in [0.4, 0.5) is 13.2 Å². The van der Waals surface area contributed by atoms with Crippen LogP contribution in [-0.4, -0.2) is 18.2 Å². The van der Waals surface area contributed by atoms with Crippen LogP contribution in [0.1, 0.15) is 33.3 Å². The van der Waals surface area contributed by atoms with E-state index < -0.39 is 29.6 Å². The number of carbonyl (C=O) groups excluding carboxylic acids is 1. The van der Waals surface area contributed by atoms with Crippen LogP contribution in [0.3, 0.4) is 0 Å². The van der Waals surface area contributed by atoms with Crippen LogP contribution in [0.2, 0.25) is 0 Å². The lowest BCUT2D eigenvalue weighted by molar-refractivity contribution is -0.237. The molecule has 0 amide bonds. The summed E-state index contributed by atoms with van der Waals surface area (Å²) in [4.78, 5) is 11.6. The molecule has 0 aliphatic carbocycles. The van der Waals surface area contributed by atoms with Gasteiger partial charge in [0.05, 0.1) is 5.92 Å². The van der Waals surface area contributed by atoms with Crippen molar-refractivity contribution in [3.8, 4) is 0 Å². The maximum Gasteiger partial charge on any atom is 0.426 e. The number of carbonyl (C=O) groups is 1. The molecule has 0 saturated carbocycles. The molecule has 2 nitrogen and oxygen atoms in total. The normalized spacial score (nSPS) is 14.2. The number of hydrogen-bond donors (Lipinski definition) is 0. The topological polar surface area (TPSA) is 26.3 Å². The first-order valence-electron chi connectivity index (χ1n) is 6.39. The molecule has 20 heavy (non-hydrogen) atoms. The number of alkyl halides is 3. The van der Waals surface area contributed by atoms with E-state index in [0.717, 1.165) is 0 Å². The van der Waals surface area contributed by atoms with Gasteiger partial charge in [0.15, 0.2) is 0 Å². The molecule has 0 fully saturated rings. The molecule has 0 spiro atoms. The van der Waals surface area contributed by atoms with Crippen molar-refractivity contribution in [2.24, 2.45) is 5.92 Å². The zero-order chi connectivity index (χ0) is 15.6. The molecule has 0 radical (unpaired) electrons. The molecule has 1 rings (SSSR count). The molecular weight excluding hydrogens is 269 g/mol. The number of esters is 1. The third-order valence-corrected chi connectivity index (χ3v) is 3.18. The highest BCUT2D eigenvalue weighted by Gasteiger charge is 2.52. The molecule has 112 valence electrons. The minimum atomic E-state index is -4.62. The molecule has 5 heteroatoms. The number of ether oxygens (including phenoxy) is 1. The Labute approximate surface area is 116 Å². The van der Waals surface area contributed by atoms with Crippen molar-refractivity contribution in [3.05, 3.63) is 35.9 Å². The summed E-state index contributed by atoms with van der Waals surface area (Å²) in [5.41, 5.74) is -0.886. The molecule has 0 heterocycles. The van der Waals surface area contributed by atoms with Crippen molar-refractivity contribution >= 4 is 5.97 Å². The number of hydrogen-bond acceptors (Lipinski definition) is 2. The fraction of sp³-hybridized carbons (Fsp3) is 0.533. The second-order valence-electron chi connectivity index (χ2n) is 5.60. The van der Waals surface area contributed by atoms with E-state index in [2.05, 4.69) is 0 Å². The van der Waals surface area contributed by atoms with Gasteiger partial charge in [0.25, 0.3) is 0 Å². The Morgan fingerprint density at radius 3 is 2.00 bits per heavy atom. The van der Waals surface area contributed by atoms with Gasteiger partial charge in [-0.25, -0.2) is 0 Å². The smallest absolute Gasteiger partial charge is 0.426 e. The maximum atomic E-state index is 13.2. The van der Waals surface area contributed by atoms with Crippen molar-refractivity contribution in [2.45, 2.75) is 45.4 Å². The number of benzene rings is 1. The average Bonchev–Trinajstić information content (AvgIpc) is 2.34. The second kappa shape index (κ2) is 5.85. The van der Waals surface area contributed by atoms with Crippen LogP contribution in [0.25, 0.3) is 0 Å². The zero-order valence-electron chi connectivity index (χ0n) is 12.0. The minimum Gasteiger partial charge on any atom is -0.452 e. The fourth-order valence-corrected chi connectivity index (χ4v) is 1.89. The van der Waals surface area contributed by atoms with E-state index in [9.17, 15) is 18.0 Å². The van der Waals surface area contributed by atoms with Gasteiger partial charge >= 0.3 is 12.1 Å². The summed E-state index contributed by atoms with van der Waals surface area (Å²) in [5, 5.41) is 0. The third-order valence-electron chi connectivity index (χ3n) is 3.18. The highest BCUT2D eigenvalue weighted by Crippen LogP contribution is 2.39. The van der Waals surface area contributed by atoms with Crippen molar-refractivity contribution in [2.75, 3.05) is 0 Å². The Bertz CT molecular complexity index is 450. The largest absolute Gasteiger partial charge is 0.452 e. The van der Waals surface area contributed by atoms with Gasteiger partial charge in [-0.05, 0) is 5.56 Å². The summed E-state index contributed by atoms with van der Waals surface area (Å²) < 4.78 is 44.5. The number of halogens is 3. The molecule has 1 atom stereocenters. The maximum absolute atomic E-state index is 13.2. The van der Waals surface area contributed by atoms with E-state index in [1.165, 1.54) is 27.7 Å². The molecule has 1 unspecified atom stereocenters. The molecule has 1 aromatic rings. The van der Waals surface area contributed by atoms with Crippen molar-refractivity contribution < 1.29 is 22.7 Å². The lowest BCUT2D eigenvalue weighted by Crippen LogP contribution is -2.48. The van der Waals surface area contributed by atoms with Gasteiger partial charge < -0.3 is 4.74 Å². The van der Waals surface area contributed by atoms with E-state index >= 15 is 0 Å². The van der Waals surface area contributed by atoms with Gasteiger partial charge in [0.2, 0.25) is 6.10 Å². The molecule has 0 N–H and O–H groups in total. The van der Waals surface area contributed by atoms with Crippen LogP contribution in [-0.2, 0) is 14.9 Å². The molecule has 1 aromatic carbocycles. The molecule has 0 aromatic heterocycles.